The van der Waals surface area contributed by atoms with Gasteiger partial charge in [0.25, 0.3) is 5.91 Å². The molecule has 3 aromatic rings. The smallest absolute Gasteiger partial charge is 0.268 e. The Labute approximate surface area is 171 Å². The number of sulfonamides is 1. The van der Waals surface area contributed by atoms with Gasteiger partial charge in [-0.1, -0.05) is 18.2 Å². The fourth-order valence-electron chi connectivity index (χ4n) is 2.67. The van der Waals surface area contributed by atoms with Crippen molar-refractivity contribution in [2.75, 3.05) is 6.54 Å². The first-order valence-electron chi connectivity index (χ1n) is 8.18. The number of nitrogens with zero attached hydrogens (tertiary/aromatic N) is 1. The van der Waals surface area contributed by atoms with Gasteiger partial charge in [0.2, 0.25) is 10.0 Å². The van der Waals surface area contributed by atoms with Crippen LogP contribution in [-0.4, -0.2) is 25.4 Å². The highest BCUT2D eigenvalue weighted by Gasteiger charge is 2.12. The molecule has 0 saturated heterocycles. The number of carbonyl (C=O) groups excluding carboxylic acids is 1. The highest BCUT2D eigenvalue weighted by Crippen LogP contribution is 2.16. The van der Waals surface area contributed by atoms with E-state index in [0.29, 0.717) is 18.7 Å². The van der Waals surface area contributed by atoms with Crippen molar-refractivity contribution in [3.8, 4) is 5.69 Å². The Hall–Kier alpha value is -2.17. The number of nitrogens with two attached hydrogens (primary N) is 1. The second kappa shape index (κ2) is 8.24. The molecule has 1 heterocycles. The maximum atomic E-state index is 12.5. The molecule has 0 atom stereocenters. The van der Waals surface area contributed by atoms with E-state index in [1.165, 1.54) is 12.1 Å². The summed E-state index contributed by atoms with van der Waals surface area (Å²) in [7, 11) is -3.69. The van der Waals surface area contributed by atoms with E-state index < -0.39 is 10.0 Å². The normalized spacial score (nSPS) is 11.3. The van der Waals surface area contributed by atoms with Crippen LogP contribution in [0.15, 0.2) is 71.8 Å². The summed E-state index contributed by atoms with van der Waals surface area (Å²) in [6.07, 6.45) is 2.44. The summed E-state index contributed by atoms with van der Waals surface area (Å²) in [6, 6.07) is 17.8. The summed E-state index contributed by atoms with van der Waals surface area (Å²) in [5, 5.41) is 7.98. The predicted molar refractivity (Wildman–Crippen MR) is 112 cm³/mol. The Kier molecular flexibility index (Phi) is 5.98. The van der Waals surface area contributed by atoms with E-state index in [1.54, 1.807) is 18.2 Å². The van der Waals surface area contributed by atoms with Crippen molar-refractivity contribution >= 4 is 38.5 Å². The predicted octanol–water partition coefficient (Wildman–Crippen LogP) is 2.70. The molecule has 0 spiro atoms. The number of hydrogen-bond acceptors (Lipinski definition) is 3. The van der Waals surface area contributed by atoms with Gasteiger partial charge in [-0.15, -0.1) is 0 Å². The molecule has 2 aromatic carbocycles. The molecule has 0 aliphatic carbocycles. The second-order valence-electron chi connectivity index (χ2n) is 5.94. The minimum absolute atomic E-state index is 0.0746. The zero-order chi connectivity index (χ0) is 19.4. The van der Waals surface area contributed by atoms with Gasteiger partial charge in [-0.3, -0.25) is 4.79 Å². The molecule has 8 heteroatoms. The van der Waals surface area contributed by atoms with Crippen LogP contribution in [-0.2, 0) is 16.4 Å². The molecule has 0 saturated carbocycles. The van der Waals surface area contributed by atoms with Gasteiger partial charge in [-0.2, -0.15) is 0 Å². The molecular weight excluding hydrogens is 477 g/mol. The SMILES string of the molecule is NS(=O)(=O)c1ccc(CCNC(=O)c2cccn2-c2cccc(I)c2)cc1. The molecule has 0 bridgehead atoms. The van der Waals surface area contributed by atoms with Gasteiger partial charge in [0.05, 0.1) is 4.90 Å². The van der Waals surface area contributed by atoms with Crippen LogP contribution in [0, 0.1) is 3.57 Å². The van der Waals surface area contributed by atoms with Gasteiger partial charge >= 0.3 is 0 Å². The molecule has 0 aliphatic heterocycles. The first-order chi connectivity index (χ1) is 12.8. The lowest BCUT2D eigenvalue weighted by Crippen LogP contribution is -2.27. The maximum Gasteiger partial charge on any atom is 0.268 e. The van der Waals surface area contributed by atoms with Gasteiger partial charge in [0.15, 0.2) is 0 Å². The number of carbonyl (C=O) groups is 1. The van der Waals surface area contributed by atoms with Crippen LogP contribution in [0.25, 0.3) is 5.69 Å². The Morgan fingerprint density at radius 2 is 1.81 bits per heavy atom. The summed E-state index contributed by atoms with van der Waals surface area (Å²) in [5.74, 6) is -0.167. The first kappa shape index (κ1) is 19.6. The van der Waals surface area contributed by atoms with Crippen LogP contribution >= 0.6 is 22.6 Å². The molecule has 3 rings (SSSR count). The fraction of sp³-hybridized carbons (Fsp3) is 0.105. The summed E-state index contributed by atoms with van der Waals surface area (Å²) in [5.41, 5.74) is 2.40. The average Bonchev–Trinajstić information content (AvgIpc) is 3.11. The van der Waals surface area contributed by atoms with Crippen molar-refractivity contribution in [2.45, 2.75) is 11.3 Å². The molecule has 27 heavy (non-hydrogen) atoms. The zero-order valence-corrected chi connectivity index (χ0v) is 17.3. The lowest BCUT2D eigenvalue weighted by Gasteiger charge is -2.10. The van der Waals surface area contributed by atoms with Gasteiger partial charge in [0, 0.05) is 22.0 Å². The van der Waals surface area contributed by atoms with Gasteiger partial charge in [-0.25, -0.2) is 13.6 Å². The van der Waals surface area contributed by atoms with Crippen LogP contribution in [0.3, 0.4) is 0 Å². The molecule has 0 unspecified atom stereocenters. The number of aromatic nitrogens is 1. The van der Waals surface area contributed by atoms with Crippen LogP contribution in [0.1, 0.15) is 16.1 Å². The summed E-state index contributed by atoms with van der Waals surface area (Å²) in [4.78, 5) is 12.6. The van der Waals surface area contributed by atoms with Crippen molar-refractivity contribution in [3.63, 3.8) is 0 Å². The van der Waals surface area contributed by atoms with E-state index in [9.17, 15) is 13.2 Å². The molecule has 1 amide bonds. The van der Waals surface area contributed by atoms with E-state index in [0.717, 1.165) is 14.8 Å². The topological polar surface area (TPSA) is 94.2 Å². The van der Waals surface area contributed by atoms with Gasteiger partial charge < -0.3 is 9.88 Å². The third kappa shape index (κ3) is 4.96. The van der Waals surface area contributed by atoms with Crippen LogP contribution in [0.4, 0.5) is 0 Å². The van der Waals surface area contributed by atoms with Crippen molar-refractivity contribution in [1.29, 1.82) is 0 Å². The Bertz CT molecular complexity index is 1060. The van der Waals surface area contributed by atoms with Gasteiger partial charge in [-0.05, 0) is 77.0 Å². The Balaban J connectivity index is 1.63. The largest absolute Gasteiger partial charge is 0.350 e. The van der Waals surface area contributed by atoms with Crippen molar-refractivity contribution in [1.82, 2.24) is 9.88 Å². The van der Waals surface area contributed by atoms with Crippen molar-refractivity contribution < 1.29 is 13.2 Å². The molecule has 140 valence electrons. The number of primary sulfonamides is 1. The number of hydrogen-bond donors (Lipinski definition) is 2. The number of amides is 1. The monoisotopic (exact) mass is 495 g/mol. The zero-order valence-electron chi connectivity index (χ0n) is 14.3. The maximum absolute atomic E-state index is 12.5. The minimum Gasteiger partial charge on any atom is -0.350 e. The van der Waals surface area contributed by atoms with Gasteiger partial charge in [0.1, 0.15) is 5.69 Å². The van der Waals surface area contributed by atoms with Crippen LogP contribution < -0.4 is 10.5 Å². The lowest BCUT2D eigenvalue weighted by molar-refractivity contribution is 0.0947. The number of halogens is 1. The molecule has 1 aromatic heterocycles. The van der Waals surface area contributed by atoms with E-state index in [-0.39, 0.29) is 10.8 Å². The Morgan fingerprint density at radius 3 is 2.48 bits per heavy atom. The van der Waals surface area contributed by atoms with E-state index in [4.69, 9.17) is 5.14 Å². The fourth-order valence-corrected chi connectivity index (χ4v) is 3.72. The van der Waals surface area contributed by atoms with Crippen molar-refractivity contribution in [2.24, 2.45) is 5.14 Å². The van der Waals surface area contributed by atoms with Crippen LogP contribution in [0.5, 0.6) is 0 Å². The third-order valence-corrected chi connectivity index (χ3v) is 5.62. The molecule has 0 radical (unpaired) electrons. The first-order valence-corrected chi connectivity index (χ1v) is 10.8. The van der Waals surface area contributed by atoms with E-state index in [1.807, 2.05) is 41.1 Å². The highest BCUT2D eigenvalue weighted by atomic mass is 127. The molecular formula is C19H18IN3O3S. The summed E-state index contributed by atoms with van der Waals surface area (Å²) < 4.78 is 25.5. The quantitative estimate of drug-likeness (QED) is 0.515. The lowest BCUT2D eigenvalue weighted by atomic mass is 10.1. The van der Waals surface area contributed by atoms with Crippen LogP contribution in [0.2, 0.25) is 0 Å². The van der Waals surface area contributed by atoms with E-state index >= 15 is 0 Å². The average molecular weight is 495 g/mol. The summed E-state index contributed by atoms with van der Waals surface area (Å²) >= 11 is 2.24. The molecule has 0 fully saturated rings. The number of nitrogens with one attached hydrogen (secondary N) is 1. The number of benzene rings is 2. The number of rotatable bonds is 6. The minimum atomic E-state index is -3.69. The van der Waals surface area contributed by atoms with E-state index in [2.05, 4.69) is 27.9 Å². The van der Waals surface area contributed by atoms with Crippen molar-refractivity contribution in [3.05, 3.63) is 81.7 Å². The molecule has 3 N–H and O–H groups in total. The second-order valence-corrected chi connectivity index (χ2v) is 8.75. The summed E-state index contributed by atoms with van der Waals surface area (Å²) in [6.45, 7) is 0.436. The molecule has 6 nitrogen and oxygen atoms in total. The highest BCUT2D eigenvalue weighted by molar-refractivity contribution is 14.1. The Morgan fingerprint density at radius 1 is 1.07 bits per heavy atom. The molecule has 0 aliphatic rings. The standard InChI is InChI=1S/C19H18IN3O3S/c20-15-3-1-4-16(13-15)23-12-2-5-18(23)19(24)22-11-10-14-6-8-17(9-7-14)27(21,25)26/h1-9,12-13H,10-11H2,(H,22,24)(H2,21,25,26). The third-order valence-electron chi connectivity index (χ3n) is 4.02.